The highest BCUT2D eigenvalue weighted by Gasteiger charge is 1.96. The highest BCUT2D eigenvalue weighted by molar-refractivity contribution is 5.86. The lowest BCUT2D eigenvalue weighted by atomic mass is 10.3. The Labute approximate surface area is 59.1 Å². The SMILES string of the molecule is C/C(=C\N=C(/C)N)C(=O)O. The number of hydrogen-bond donors (Lipinski definition) is 2. The number of nitrogens with two attached hydrogens (primary N) is 1. The zero-order chi connectivity index (χ0) is 8.15. The number of aliphatic imine (C=N–C) groups is 1. The predicted octanol–water partition coefficient (Wildman–Crippen LogP) is 0.352. The average Bonchev–Trinajstić information content (AvgIpc) is 1.82. The molecule has 3 N–H and O–H groups in total. The van der Waals surface area contributed by atoms with E-state index in [0.717, 1.165) is 0 Å². The molecule has 0 atom stereocenters. The summed E-state index contributed by atoms with van der Waals surface area (Å²) in [6, 6.07) is 0. The molecule has 10 heavy (non-hydrogen) atoms. The average molecular weight is 142 g/mol. The van der Waals surface area contributed by atoms with Crippen LogP contribution in [0.2, 0.25) is 0 Å². The molecule has 0 fully saturated rings. The summed E-state index contributed by atoms with van der Waals surface area (Å²) < 4.78 is 0. The molecule has 0 unspecified atom stereocenters. The lowest BCUT2D eigenvalue weighted by Gasteiger charge is -1.88. The maximum Gasteiger partial charge on any atom is 0.332 e. The molecule has 0 rings (SSSR count). The summed E-state index contributed by atoms with van der Waals surface area (Å²) in [7, 11) is 0. The molecule has 0 heterocycles. The third-order valence-corrected chi connectivity index (χ3v) is 0.799. The van der Waals surface area contributed by atoms with Gasteiger partial charge in [-0.05, 0) is 13.8 Å². The van der Waals surface area contributed by atoms with E-state index < -0.39 is 5.97 Å². The van der Waals surface area contributed by atoms with E-state index in [0.29, 0.717) is 5.84 Å². The van der Waals surface area contributed by atoms with E-state index in [1.54, 1.807) is 6.92 Å². The van der Waals surface area contributed by atoms with Crippen molar-refractivity contribution in [2.45, 2.75) is 13.8 Å². The molecule has 0 aromatic carbocycles. The smallest absolute Gasteiger partial charge is 0.332 e. The van der Waals surface area contributed by atoms with Crippen LogP contribution in [0.3, 0.4) is 0 Å². The van der Waals surface area contributed by atoms with Gasteiger partial charge >= 0.3 is 5.97 Å². The number of carboxylic acids is 1. The molecule has 0 spiro atoms. The Morgan fingerprint density at radius 3 is 2.40 bits per heavy atom. The van der Waals surface area contributed by atoms with Gasteiger partial charge in [-0.1, -0.05) is 0 Å². The van der Waals surface area contributed by atoms with Gasteiger partial charge in [-0.2, -0.15) is 0 Å². The molecule has 4 heteroatoms. The van der Waals surface area contributed by atoms with Crippen LogP contribution in [0.15, 0.2) is 16.8 Å². The Hall–Kier alpha value is -1.32. The summed E-state index contributed by atoms with van der Waals surface area (Å²) in [5.74, 6) is -0.634. The molecule has 0 aliphatic carbocycles. The van der Waals surface area contributed by atoms with Crippen molar-refractivity contribution in [2.24, 2.45) is 10.7 Å². The number of hydrogen-bond acceptors (Lipinski definition) is 2. The van der Waals surface area contributed by atoms with Crippen LogP contribution in [0.1, 0.15) is 13.8 Å². The first kappa shape index (κ1) is 8.68. The zero-order valence-corrected chi connectivity index (χ0v) is 5.96. The van der Waals surface area contributed by atoms with Gasteiger partial charge in [-0.15, -0.1) is 0 Å². The number of rotatable bonds is 2. The van der Waals surface area contributed by atoms with Gasteiger partial charge in [0, 0.05) is 6.20 Å². The highest BCUT2D eigenvalue weighted by atomic mass is 16.4. The van der Waals surface area contributed by atoms with Crippen LogP contribution in [0.5, 0.6) is 0 Å². The Bertz CT molecular complexity index is 190. The minimum atomic E-state index is -0.981. The first-order chi connectivity index (χ1) is 4.54. The van der Waals surface area contributed by atoms with E-state index in [9.17, 15) is 4.79 Å². The molecule has 4 nitrogen and oxygen atoms in total. The summed E-state index contributed by atoms with van der Waals surface area (Å²) in [5, 5.41) is 8.32. The topological polar surface area (TPSA) is 75.7 Å². The number of aliphatic carboxylic acids is 1. The third kappa shape index (κ3) is 3.65. The Morgan fingerprint density at radius 1 is 1.60 bits per heavy atom. The highest BCUT2D eigenvalue weighted by Crippen LogP contribution is 1.91. The summed E-state index contributed by atoms with van der Waals surface area (Å²) in [5.41, 5.74) is 5.32. The van der Waals surface area contributed by atoms with Gasteiger partial charge in [0.05, 0.1) is 11.4 Å². The van der Waals surface area contributed by atoms with Crippen molar-refractivity contribution in [3.8, 4) is 0 Å². The fraction of sp³-hybridized carbons (Fsp3) is 0.333. The zero-order valence-electron chi connectivity index (χ0n) is 5.96. The number of carbonyl (C=O) groups is 1. The molecule has 56 valence electrons. The Balaban J connectivity index is 4.19. The van der Waals surface area contributed by atoms with E-state index in [4.69, 9.17) is 10.8 Å². The lowest BCUT2D eigenvalue weighted by Crippen LogP contribution is -2.04. The maximum atomic E-state index is 10.1. The molecular formula is C6H10N2O2. The number of amidine groups is 1. The van der Waals surface area contributed by atoms with Crippen molar-refractivity contribution in [3.05, 3.63) is 11.8 Å². The molecule has 0 aromatic rings. The van der Waals surface area contributed by atoms with E-state index in [1.807, 2.05) is 0 Å². The summed E-state index contributed by atoms with van der Waals surface area (Å²) in [6.45, 7) is 3.04. The van der Waals surface area contributed by atoms with Crippen molar-refractivity contribution >= 4 is 11.8 Å². The van der Waals surface area contributed by atoms with Crippen LogP contribution in [0.4, 0.5) is 0 Å². The monoisotopic (exact) mass is 142 g/mol. The molecular weight excluding hydrogens is 132 g/mol. The Kier molecular flexibility index (Phi) is 3.17. The molecule has 0 aliphatic rings. The molecule has 0 radical (unpaired) electrons. The molecule has 0 saturated heterocycles. The summed E-state index contributed by atoms with van der Waals surface area (Å²) in [4.78, 5) is 13.7. The fourth-order valence-corrected chi connectivity index (χ4v) is 0.254. The van der Waals surface area contributed by atoms with E-state index >= 15 is 0 Å². The normalized spacial score (nSPS) is 13.4. The van der Waals surface area contributed by atoms with E-state index in [1.165, 1.54) is 13.1 Å². The quantitative estimate of drug-likeness (QED) is 0.332. The second kappa shape index (κ2) is 3.66. The van der Waals surface area contributed by atoms with Crippen LogP contribution in [0.25, 0.3) is 0 Å². The van der Waals surface area contributed by atoms with E-state index in [2.05, 4.69) is 4.99 Å². The largest absolute Gasteiger partial charge is 0.478 e. The second-order valence-corrected chi connectivity index (χ2v) is 1.89. The first-order valence-electron chi connectivity index (χ1n) is 2.74. The fourth-order valence-electron chi connectivity index (χ4n) is 0.254. The lowest BCUT2D eigenvalue weighted by molar-refractivity contribution is -0.132. The van der Waals surface area contributed by atoms with E-state index in [-0.39, 0.29) is 5.57 Å². The van der Waals surface area contributed by atoms with Gasteiger partial charge in [0.25, 0.3) is 0 Å². The Morgan fingerprint density at radius 2 is 2.10 bits per heavy atom. The van der Waals surface area contributed by atoms with Crippen molar-refractivity contribution in [3.63, 3.8) is 0 Å². The van der Waals surface area contributed by atoms with Gasteiger partial charge in [0.1, 0.15) is 0 Å². The van der Waals surface area contributed by atoms with Crippen LogP contribution in [0, 0.1) is 0 Å². The molecule has 0 saturated carbocycles. The summed E-state index contributed by atoms with van der Waals surface area (Å²) in [6.07, 6.45) is 1.22. The number of nitrogens with zero attached hydrogens (tertiary/aromatic N) is 1. The van der Waals surface area contributed by atoms with Gasteiger partial charge in [0.2, 0.25) is 0 Å². The van der Waals surface area contributed by atoms with Crippen molar-refractivity contribution in [1.29, 1.82) is 0 Å². The van der Waals surface area contributed by atoms with Gasteiger partial charge in [0.15, 0.2) is 0 Å². The van der Waals surface area contributed by atoms with Crippen molar-refractivity contribution in [1.82, 2.24) is 0 Å². The standard InChI is InChI=1S/C6H10N2O2/c1-4(6(9)10)3-8-5(2)7/h3H,1-2H3,(H2,7,8)(H,9,10)/b4-3+. The minimum Gasteiger partial charge on any atom is -0.478 e. The molecule has 0 aliphatic heterocycles. The first-order valence-corrected chi connectivity index (χ1v) is 2.74. The van der Waals surface area contributed by atoms with Crippen LogP contribution in [-0.4, -0.2) is 16.9 Å². The van der Waals surface area contributed by atoms with Gasteiger partial charge < -0.3 is 10.8 Å². The van der Waals surface area contributed by atoms with Crippen LogP contribution >= 0.6 is 0 Å². The minimum absolute atomic E-state index is 0.171. The predicted molar refractivity (Wildman–Crippen MR) is 38.7 cm³/mol. The second-order valence-electron chi connectivity index (χ2n) is 1.89. The van der Waals surface area contributed by atoms with Crippen molar-refractivity contribution in [2.75, 3.05) is 0 Å². The maximum absolute atomic E-state index is 10.1. The van der Waals surface area contributed by atoms with Crippen LogP contribution < -0.4 is 5.73 Å². The van der Waals surface area contributed by atoms with Crippen LogP contribution in [-0.2, 0) is 4.79 Å². The molecule has 0 amide bonds. The number of carboxylic acid groups (broad SMARTS) is 1. The molecule has 0 aromatic heterocycles. The van der Waals surface area contributed by atoms with Gasteiger partial charge in [-0.25, -0.2) is 9.79 Å². The summed E-state index contributed by atoms with van der Waals surface area (Å²) >= 11 is 0. The van der Waals surface area contributed by atoms with Crippen molar-refractivity contribution < 1.29 is 9.90 Å². The molecule has 0 bridgehead atoms. The van der Waals surface area contributed by atoms with Gasteiger partial charge in [-0.3, -0.25) is 0 Å². The third-order valence-electron chi connectivity index (χ3n) is 0.799.